The smallest absolute Gasteiger partial charge is 0.413 e. The Bertz CT molecular complexity index is 714. The van der Waals surface area contributed by atoms with Crippen LogP contribution in [0.5, 0.6) is 0 Å². The SMILES string of the molecule is CC(C)(C)OC(=O)Nc1nc2c(C3CC3)cc(CO)cc2s1. The lowest BCUT2D eigenvalue weighted by molar-refractivity contribution is 0.0636. The fourth-order valence-electron chi connectivity index (χ4n) is 2.36. The molecule has 1 fully saturated rings. The van der Waals surface area contributed by atoms with E-state index < -0.39 is 11.7 Å². The summed E-state index contributed by atoms with van der Waals surface area (Å²) in [6.07, 6.45) is 1.83. The summed E-state index contributed by atoms with van der Waals surface area (Å²) in [7, 11) is 0. The molecule has 0 unspecified atom stereocenters. The molecule has 1 aromatic heterocycles. The van der Waals surface area contributed by atoms with E-state index in [2.05, 4.69) is 10.3 Å². The van der Waals surface area contributed by atoms with Crippen molar-refractivity contribution in [2.75, 3.05) is 5.32 Å². The highest BCUT2D eigenvalue weighted by Crippen LogP contribution is 2.44. The third-order valence-corrected chi connectivity index (χ3v) is 4.31. The van der Waals surface area contributed by atoms with Gasteiger partial charge >= 0.3 is 6.09 Å². The molecule has 1 aliphatic carbocycles. The second kappa shape index (κ2) is 5.52. The van der Waals surface area contributed by atoms with Gasteiger partial charge in [0.05, 0.1) is 16.8 Å². The maximum Gasteiger partial charge on any atom is 0.413 e. The van der Waals surface area contributed by atoms with E-state index >= 15 is 0 Å². The maximum absolute atomic E-state index is 11.9. The van der Waals surface area contributed by atoms with E-state index in [1.54, 1.807) is 0 Å². The van der Waals surface area contributed by atoms with Gasteiger partial charge in [0.25, 0.3) is 0 Å². The van der Waals surface area contributed by atoms with Crippen molar-refractivity contribution in [3.05, 3.63) is 23.3 Å². The molecule has 1 aliphatic rings. The molecule has 2 N–H and O–H groups in total. The molecule has 1 heterocycles. The van der Waals surface area contributed by atoms with Crippen LogP contribution in [0.2, 0.25) is 0 Å². The average molecular weight is 320 g/mol. The summed E-state index contributed by atoms with van der Waals surface area (Å²) in [4.78, 5) is 16.4. The van der Waals surface area contributed by atoms with Gasteiger partial charge in [-0.05, 0) is 56.7 Å². The first-order valence-corrected chi connectivity index (χ1v) is 8.21. The number of aromatic nitrogens is 1. The fraction of sp³-hybridized carbons (Fsp3) is 0.500. The standard InChI is InChI=1S/C16H20N2O3S/c1-16(2,3)21-15(20)18-14-17-13-11(10-4-5-10)6-9(8-19)7-12(13)22-14/h6-7,10,19H,4-5,8H2,1-3H3,(H,17,18,20). The van der Waals surface area contributed by atoms with Crippen molar-refractivity contribution in [2.45, 2.75) is 51.7 Å². The molecule has 6 heteroatoms. The minimum atomic E-state index is -0.538. The molecule has 1 aromatic carbocycles. The van der Waals surface area contributed by atoms with Crippen LogP contribution in [0.4, 0.5) is 9.93 Å². The van der Waals surface area contributed by atoms with E-state index in [1.165, 1.54) is 16.9 Å². The topological polar surface area (TPSA) is 71.5 Å². The number of nitrogens with zero attached hydrogens (tertiary/aromatic N) is 1. The van der Waals surface area contributed by atoms with E-state index in [9.17, 15) is 9.90 Å². The summed E-state index contributed by atoms with van der Waals surface area (Å²) in [5.41, 5.74) is 2.46. The van der Waals surface area contributed by atoms with Gasteiger partial charge in [-0.3, -0.25) is 5.32 Å². The number of ether oxygens (including phenoxy) is 1. The highest BCUT2D eigenvalue weighted by Gasteiger charge is 2.27. The quantitative estimate of drug-likeness (QED) is 0.896. The molecular weight excluding hydrogens is 300 g/mol. The maximum atomic E-state index is 11.9. The van der Waals surface area contributed by atoms with Gasteiger partial charge < -0.3 is 9.84 Å². The molecule has 0 spiro atoms. The number of thiazole rings is 1. The number of carbonyl (C=O) groups excluding carboxylic acids is 1. The van der Waals surface area contributed by atoms with Crippen molar-refractivity contribution >= 4 is 32.8 Å². The van der Waals surface area contributed by atoms with Crippen LogP contribution in [0.3, 0.4) is 0 Å². The number of aliphatic hydroxyl groups is 1. The van der Waals surface area contributed by atoms with E-state index in [0.29, 0.717) is 11.0 Å². The first-order chi connectivity index (χ1) is 10.4. The van der Waals surface area contributed by atoms with Crippen LogP contribution in [0.15, 0.2) is 12.1 Å². The van der Waals surface area contributed by atoms with Crippen molar-refractivity contribution < 1.29 is 14.6 Å². The van der Waals surface area contributed by atoms with Gasteiger partial charge in [-0.25, -0.2) is 9.78 Å². The summed E-state index contributed by atoms with van der Waals surface area (Å²) in [5, 5.41) is 12.6. The molecule has 5 nitrogen and oxygen atoms in total. The van der Waals surface area contributed by atoms with Crippen LogP contribution in [-0.4, -0.2) is 21.8 Å². The van der Waals surface area contributed by atoms with E-state index in [4.69, 9.17) is 4.74 Å². The summed E-state index contributed by atoms with van der Waals surface area (Å²) >= 11 is 1.41. The molecule has 0 bridgehead atoms. The molecular formula is C16H20N2O3S. The van der Waals surface area contributed by atoms with E-state index in [1.807, 2.05) is 32.9 Å². The van der Waals surface area contributed by atoms with Crippen molar-refractivity contribution in [3.63, 3.8) is 0 Å². The van der Waals surface area contributed by atoms with Crippen molar-refractivity contribution in [1.82, 2.24) is 4.98 Å². The lowest BCUT2D eigenvalue weighted by Crippen LogP contribution is -2.27. The molecule has 22 heavy (non-hydrogen) atoms. The first-order valence-electron chi connectivity index (χ1n) is 7.40. The van der Waals surface area contributed by atoms with Crippen LogP contribution < -0.4 is 5.32 Å². The molecule has 1 amide bonds. The largest absolute Gasteiger partial charge is 0.444 e. The van der Waals surface area contributed by atoms with Gasteiger partial charge in [-0.1, -0.05) is 17.4 Å². The summed E-state index contributed by atoms with van der Waals surface area (Å²) < 4.78 is 6.23. The van der Waals surface area contributed by atoms with Crippen molar-refractivity contribution in [3.8, 4) is 0 Å². The Morgan fingerprint density at radius 2 is 2.18 bits per heavy atom. The normalized spacial score (nSPS) is 15.1. The van der Waals surface area contributed by atoms with Crippen LogP contribution in [0.1, 0.15) is 50.7 Å². The Morgan fingerprint density at radius 1 is 1.45 bits per heavy atom. The van der Waals surface area contributed by atoms with Crippen molar-refractivity contribution in [1.29, 1.82) is 0 Å². The number of hydrogen-bond acceptors (Lipinski definition) is 5. The molecule has 2 aromatic rings. The zero-order chi connectivity index (χ0) is 15.9. The number of amides is 1. The number of rotatable bonds is 3. The molecule has 0 aliphatic heterocycles. The van der Waals surface area contributed by atoms with Gasteiger partial charge in [-0.2, -0.15) is 0 Å². The Balaban J connectivity index is 1.89. The van der Waals surface area contributed by atoms with Gasteiger partial charge in [0.2, 0.25) is 0 Å². The number of nitrogens with one attached hydrogen (secondary N) is 1. The summed E-state index contributed by atoms with van der Waals surface area (Å²) in [5.74, 6) is 0.533. The summed E-state index contributed by atoms with van der Waals surface area (Å²) in [6.45, 7) is 5.49. The third kappa shape index (κ3) is 3.39. The monoisotopic (exact) mass is 320 g/mol. The second-order valence-electron chi connectivity index (χ2n) is 6.61. The predicted octanol–water partition coefficient (Wildman–Crippen LogP) is 4.01. The van der Waals surface area contributed by atoms with E-state index in [-0.39, 0.29) is 6.61 Å². The zero-order valence-corrected chi connectivity index (χ0v) is 13.8. The number of fused-ring (bicyclic) bond motifs is 1. The first kappa shape index (κ1) is 15.2. The second-order valence-corrected chi connectivity index (χ2v) is 7.64. The minimum Gasteiger partial charge on any atom is -0.444 e. The number of hydrogen-bond donors (Lipinski definition) is 2. The highest BCUT2D eigenvalue weighted by molar-refractivity contribution is 7.22. The third-order valence-electron chi connectivity index (χ3n) is 3.39. The van der Waals surface area contributed by atoms with Crippen LogP contribution in [0.25, 0.3) is 10.2 Å². The lowest BCUT2D eigenvalue weighted by Gasteiger charge is -2.18. The van der Waals surface area contributed by atoms with Crippen LogP contribution in [-0.2, 0) is 11.3 Å². The molecule has 0 saturated heterocycles. The Hall–Kier alpha value is -1.66. The molecule has 118 valence electrons. The van der Waals surface area contributed by atoms with Crippen LogP contribution >= 0.6 is 11.3 Å². The van der Waals surface area contributed by atoms with Gasteiger partial charge in [0.15, 0.2) is 5.13 Å². The number of carbonyl (C=O) groups is 1. The van der Waals surface area contributed by atoms with Crippen molar-refractivity contribution in [2.24, 2.45) is 0 Å². The average Bonchev–Trinajstić information content (AvgIpc) is 3.16. The predicted molar refractivity (Wildman–Crippen MR) is 87.4 cm³/mol. The lowest BCUT2D eigenvalue weighted by atomic mass is 10.1. The number of aliphatic hydroxyl groups excluding tert-OH is 1. The molecule has 0 radical (unpaired) electrons. The minimum absolute atomic E-state index is 0.0163. The van der Waals surface area contributed by atoms with E-state index in [0.717, 1.165) is 28.6 Å². The molecule has 0 atom stereocenters. The van der Waals surface area contributed by atoms with Crippen LogP contribution in [0, 0.1) is 0 Å². The molecule has 1 saturated carbocycles. The summed E-state index contributed by atoms with van der Waals surface area (Å²) in [6, 6.07) is 3.95. The fourth-order valence-corrected chi connectivity index (χ4v) is 3.31. The van der Waals surface area contributed by atoms with Gasteiger partial charge in [0.1, 0.15) is 5.60 Å². The zero-order valence-electron chi connectivity index (χ0n) is 13.0. The number of anilines is 1. The number of benzene rings is 1. The Labute approximate surface area is 133 Å². The van der Waals surface area contributed by atoms with Gasteiger partial charge in [-0.15, -0.1) is 0 Å². The highest BCUT2D eigenvalue weighted by atomic mass is 32.1. The molecule has 3 rings (SSSR count). The Morgan fingerprint density at radius 3 is 2.77 bits per heavy atom. The Kier molecular flexibility index (Phi) is 3.82. The van der Waals surface area contributed by atoms with Gasteiger partial charge in [0, 0.05) is 0 Å².